The molecule has 0 aliphatic rings. The topological polar surface area (TPSA) is 55.0 Å². The minimum absolute atomic E-state index is 0.526. The number of carbonyl (C=O) groups is 1. The molecule has 0 amide bonds. The van der Waals surface area contributed by atoms with E-state index in [2.05, 4.69) is 13.0 Å². The van der Waals surface area contributed by atoms with Gasteiger partial charge in [-0.3, -0.25) is 0 Å². The van der Waals surface area contributed by atoms with Crippen molar-refractivity contribution in [1.29, 1.82) is 5.26 Å². The van der Waals surface area contributed by atoms with Crippen molar-refractivity contribution >= 4 is 16.9 Å². The summed E-state index contributed by atoms with van der Waals surface area (Å²) in [5.41, 5.74) is 3.74. The number of nitrogens with zero attached hydrogens (tertiary/aromatic N) is 2. The fourth-order valence-corrected chi connectivity index (χ4v) is 3.10. The third kappa shape index (κ3) is 1.92. The molecule has 4 nitrogen and oxygen atoms in total. The lowest BCUT2D eigenvalue weighted by atomic mass is 9.77. The summed E-state index contributed by atoms with van der Waals surface area (Å²) in [7, 11) is 3.28. The SMILES string of the molecule is COC(=O)C(C)(C#N)c1c(C)c(C)c(C)c2c1ccn2C. The predicted molar refractivity (Wildman–Crippen MR) is 82.1 cm³/mol. The van der Waals surface area contributed by atoms with Crippen LogP contribution in [-0.4, -0.2) is 17.6 Å². The number of methoxy groups -OCH3 is 1. The molecule has 0 spiro atoms. The Kier molecular flexibility index (Phi) is 3.54. The molecule has 0 saturated carbocycles. The van der Waals surface area contributed by atoms with Crippen LogP contribution in [0, 0.1) is 32.1 Å². The molecule has 4 heteroatoms. The molecule has 0 fully saturated rings. The molecule has 1 aromatic carbocycles. The Hall–Kier alpha value is -2.28. The minimum Gasteiger partial charge on any atom is -0.468 e. The van der Waals surface area contributed by atoms with Crippen molar-refractivity contribution in [3.8, 4) is 6.07 Å². The Bertz CT molecular complexity index is 780. The smallest absolute Gasteiger partial charge is 0.330 e. The highest BCUT2D eigenvalue weighted by atomic mass is 16.5. The molecular weight excluding hydrogens is 264 g/mol. The third-order valence-corrected chi connectivity index (χ3v) is 4.51. The largest absolute Gasteiger partial charge is 0.468 e. The molecule has 0 saturated heterocycles. The van der Waals surface area contributed by atoms with Gasteiger partial charge in [0.2, 0.25) is 0 Å². The fourth-order valence-electron chi connectivity index (χ4n) is 3.10. The maximum atomic E-state index is 12.2. The van der Waals surface area contributed by atoms with Gasteiger partial charge >= 0.3 is 5.97 Å². The Morgan fingerprint density at radius 3 is 2.43 bits per heavy atom. The molecule has 1 aromatic heterocycles. The number of esters is 1. The molecular formula is C17H20N2O2. The van der Waals surface area contributed by atoms with Crippen LogP contribution in [0.3, 0.4) is 0 Å². The summed E-state index contributed by atoms with van der Waals surface area (Å²) in [6.07, 6.45) is 1.95. The second-order valence-corrected chi connectivity index (χ2v) is 5.67. The summed E-state index contributed by atoms with van der Waals surface area (Å²) < 4.78 is 6.90. The second kappa shape index (κ2) is 4.92. The molecule has 0 N–H and O–H groups in total. The van der Waals surface area contributed by atoms with Crippen LogP contribution in [-0.2, 0) is 22.0 Å². The van der Waals surface area contributed by atoms with E-state index in [0.717, 1.165) is 27.6 Å². The molecule has 1 unspecified atom stereocenters. The maximum Gasteiger partial charge on any atom is 0.330 e. The van der Waals surface area contributed by atoms with E-state index in [1.54, 1.807) is 6.92 Å². The van der Waals surface area contributed by atoms with Crippen molar-refractivity contribution in [3.63, 3.8) is 0 Å². The lowest BCUT2D eigenvalue weighted by Crippen LogP contribution is -2.33. The third-order valence-electron chi connectivity index (χ3n) is 4.51. The number of hydrogen-bond donors (Lipinski definition) is 0. The number of aromatic nitrogens is 1. The van der Waals surface area contributed by atoms with Crippen LogP contribution in [0.25, 0.3) is 10.9 Å². The summed E-state index contributed by atoms with van der Waals surface area (Å²) in [5, 5.41) is 10.6. The van der Waals surface area contributed by atoms with Crippen molar-refractivity contribution in [2.45, 2.75) is 33.1 Å². The van der Waals surface area contributed by atoms with Gasteiger partial charge in [0, 0.05) is 18.6 Å². The zero-order valence-corrected chi connectivity index (χ0v) is 13.4. The molecule has 0 aliphatic carbocycles. The van der Waals surface area contributed by atoms with Gasteiger partial charge in [-0.05, 0) is 56.0 Å². The van der Waals surface area contributed by atoms with Gasteiger partial charge in [0.15, 0.2) is 5.41 Å². The van der Waals surface area contributed by atoms with Crippen LogP contribution in [0.2, 0.25) is 0 Å². The van der Waals surface area contributed by atoms with Gasteiger partial charge < -0.3 is 9.30 Å². The molecule has 1 heterocycles. The van der Waals surface area contributed by atoms with Crippen molar-refractivity contribution in [1.82, 2.24) is 4.57 Å². The van der Waals surface area contributed by atoms with Gasteiger partial charge in [-0.2, -0.15) is 5.26 Å². The van der Waals surface area contributed by atoms with E-state index in [0.29, 0.717) is 0 Å². The summed E-state index contributed by atoms with van der Waals surface area (Å²) in [5.74, 6) is -0.526. The molecule has 0 aliphatic heterocycles. The zero-order chi connectivity index (χ0) is 15.9. The average molecular weight is 284 g/mol. The normalized spacial score (nSPS) is 13.8. The molecule has 1 atom stereocenters. The van der Waals surface area contributed by atoms with Gasteiger partial charge in [0.25, 0.3) is 0 Å². The van der Waals surface area contributed by atoms with Crippen molar-refractivity contribution < 1.29 is 9.53 Å². The molecule has 0 radical (unpaired) electrons. The average Bonchev–Trinajstić information content (AvgIpc) is 2.85. The summed E-state index contributed by atoms with van der Waals surface area (Å²) in [4.78, 5) is 12.2. The predicted octanol–water partition coefficient (Wildman–Crippen LogP) is 3.06. The van der Waals surface area contributed by atoms with Crippen molar-refractivity contribution in [3.05, 3.63) is 34.5 Å². The van der Waals surface area contributed by atoms with E-state index in [9.17, 15) is 10.1 Å². The van der Waals surface area contributed by atoms with E-state index >= 15 is 0 Å². The summed E-state index contributed by atoms with van der Waals surface area (Å²) >= 11 is 0. The number of benzene rings is 1. The highest BCUT2D eigenvalue weighted by Crippen LogP contribution is 2.38. The lowest BCUT2D eigenvalue weighted by molar-refractivity contribution is -0.144. The Morgan fingerprint density at radius 2 is 1.90 bits per heavy atom. The first-order valence-corrected chi connectivity index (χ1v) is 6.84. The molecule has 2 rings (SSSR count). The Balaban J connectivity index is 3.00. The highest BCUT2D eigenvalue weighted by Gasteiger charge is 2.40. The van der Waals surface area contributed by atoms with Crippen LogP contribution in [0.15, 0.2) is 12.3 Å². The number of aryl methyl sites for hydroxylation is 2. The summed E-state index contributed by atoms with van der Waals surface area (Å²) in [6, 6.07) is 4.11. The minimum atomic E-state index is -1.31. The number of rotatable bonds is 2. The second-order valence-electron chi connectivity index (χ2n) is 5.67. The monoisotopic (exact) mass is 284 g/mol. The molecule has 21 heavy (non-hydrogen) atoms. The quantitative estimate of drug-likeness (QED) is 0.796. The number of carbonyl (C=O) groups excluding carboxylic acids is 1. The standard InChI is InChI=1S/C17H20N2O2/c1-10-11(2)14(17(4,9-18)16(20)21-6)13-7-8-19(5)15(13)12(10)3/h7-8H,1-6H3. The molecule has 110 valence electrons. The van der Waals surface area contributed by atoms with Gasteiger partial charge in [-0.1, -0.05) is 0 Å². The maximum absolute atomic E-state index is 12.2. The van der Waals surface area contributed by atoms with E-state index in [1.165, 1.54) is 12.7 Å². The van der Waals surface area contributed by atoms with Crippen LogP contribution >= 0.6 is 0 Å². The number of nitriles is 1. The van der Waals surface area contributed by atoms with Gasteiger partial charge in [-0.25, -0.2) is 4.79 Å². The number of ether oxygens (including phenoxy) is 1. The summed E-state index contributed by atoms with van der Waals surface area (Å²) in [6.45, 7) is 7.68. The number of fused-ring (bicyclic) bond motifs is 1. The van der Waals surface area contributed by atoms with Crippen molar-refractivity contribution in [2.24, 2.45) is 7.05 Å². The van der Waals surface area contributed by atoms with E-state index in [4.69, 9.17) is 4.74 Å². The Morgan fingerprint density at radius 1 is 1.29 bits per heavy atom. The zero-order valence-electron chi connectivity index (χ0n) is 13.4. The molecule has 2 aromatic rings. The van der Waals surface area contributed by atoms with Crippen LogP contribution < -0.4 is 0 Å². The van der Waals surface area contributed by atoms with E-state index < -0.39 is 11.4 Å². The molecule has 0 bridgehead atoms. The van der Waals surface area contributed by atoms with Crippen molar-refractivity contribution in [2.75, 3.05) is 7.11 Å². The highest BCUT2D eigenvalue weighted by molar-refractivity contribution is 5.97. The first kappa shape index (κ1) is 15.1. The Labute approximate surface area is 124 Å². The number of hydrogen-bond acceptors (Lipinski definition) is 3. The first-order valence-electron chi connectivity index (χ1n) is 6.84. The van der Waals surface area contributed by atoms with Crippen LogP contribution in [0.5, 0.6) is 0 Å². The van der Waals surface area contributed by atoms with E-state index in [-0.39, 0.29) is 0 Å². The van der Waals surface area contributed by atoms with Crippen LogP contribution in [0.1, 0.15) is 29.2 Å². The van der Waals surface area contributed by atoms with Gasteiger partial charge in [0.1, 0.15) is 0 Å². The van der Waals surface area contributed by atoms with Crippen LogP contribution in [0.4, 0.5) is 0 Å². The fraction of sp³-hybridized carbons (Fsp3) is 0.412. The van der Waals surface area contributed by atoms with E-state index in [1.807, 2.05) is 37.7 Å². The first-order chi connectivity index (χ1) is 9.79. The van der Waals surface area contributed by atoms with Gasteiger partial charge in [0.05, 0.1) is 18.7 Å². The van der Waals surface area contributed by atoms with Gasteiger partial charge in [-0.15, -0.1) is 0 Å². The lowest BCUT2D eigenvalue weighted by Gasteiger charge is -2.25.